The fourth-order valence-corrected chi connectivity index (χ4v) is 5.58. The van der Waals surface area contributed by atoms with Crippen LogP contribution in [0, 0.1) is 5.92 Å². The third kappa shape index (κ3) is 5.26. The summed E-state index contributed by atoms with van der Waals surface area (Å²) in [6.07, 6.45) is 0.700. The zero-order chi connectivity index (χ0) is 18.6. The van der Waals surface area contributed by atoms with Crippen molar-refractivity contribution in [2.45, 2.75) is 25.4 Å². The molecule has 25 heavy (non-hydrogen) atoms. The van der Waals surface area contributed by atoms with Crippen LogP contribution < -0.4 is 5.32 Å². The van der Waals surface area contributed by atoms with Crippen molar-refractivity contribution in [1.82, 2.24) is 10.2 Å². The van der Waals surface area contributed by atoms with E-state index in [1.165, 1.54) is 7.11 Å². The van der Waals surface area contributed by atoms with E-state index in [1.807, 2.05) is 23.8 Å². The summed E-state index contributed by atoms with van der Waals surface area (Å²) in [7, 11) is -0.299. The summed E-state index contributed by atoms with van der Waals surface area (Å²) in [6.45, 7) is 1.76. The van der Waals surface area contributed by atoms with E-state index in [9.17, 15) is 18.0 Å². The molecule has 0 spiro atoms. The van der Waals surface area contributed by atoms with Crippen molar-refractivity contribution in [2.75, 3.05) is 32.3 Å². The summed E-state index contributed by atoms with van der Waals surface area (Å²) < 4.78 is 28.7. The van der Waals surface area contributed by atoms with Gasteiger partial charge in [-0.2, -0.15) is 11.3 Å². The molecule has 1 saturated heterocycles. The quantitative estimate of drug-likeness (QED) is 0.726. The van der Waals surface area contributed by atoms with Crippen molar-refractivity contribution in [3.63, 3.8) is 0 Å². The van der Waals surface area contributed by atoms with Gasteiger partial charge in [0.1, 0.15) is 6.61 Å². The summed E-state index contributed by atoms with van der Waals surface area (Å²) in [6, 6.07) is 1.23. The van der Waals surface area contributed by atoms with E-state index in [-0.39, 0.29) is 30.1 Å². The maximum atomic E-state index is 12.8. The number of carbonyl (C=O) groups is 2. The maximum Gasteiger partial charge on any atom is 0.246 e. The lowest BCUT2D eigenvalue weighted by Crippen LogP contribution is -2.49. The number of methoxy groups -OCH3 is 1. The molecule has 1 fully saturated rings. The Morgan fingerprint density at radius 1 is 1.44 bits per heavy atom. The predicted octanol–water partition coefficient (Wildman–Crippen LogP) is 0.313. The number of hydrogen-bond donors (Lipinski definition) is 1. The molecule has 2 heterocycles. The highest BCUT2D eigenvalue weighted by Crippen LogP contribution is 2.23. The van der Waals surface area contributed by atoms with Gasteiger partial charge in [-0.3, -0.25) is 9.59 Å². The molecule has 0 aliphatic carbocycles. The Hall–Kier alpha value is -1.45. The Kier molecular flexibility index (Phi) is 6.59. The van der Waals surface area contributed by atoms with E-state index >= 15 is 0 Å². The monoisotopic (exact) mass is 388 g/mol. The predicted molar refractivity (Wildman–Crippen MR) is 96.2 cm³/mol. The lowest BCUT2D eigenvalue weighted by molar-refractivity contribution is -0.136. The first-order valence-electron chi connectivity index (χ1n) is 8.00. The van der Waals surface area contributed by atoms with Crippen molar-refractivity contribution >= 4 is 33.0 Å². The lowest BCUT2D eigenvalue weighted by Gasteiger charge is -2.29. The summed E-state index contributed by atoms with van der Waals surface area (Å²) in [5.74, 6) is -1.89. The SMILES string of the molecule is COCC(=O)N[C@@H]1CS(=O)(=O)C[C@H]1C(=O)N(C)C(C)Cc1ccsc1. The first-order chi connectivity index (χ1) is 11.7. The number of amides is 2. The molecule has 1 unspecified atom stereocenters. The average molecular weight is 389 g/mol. The van der Waals surface area contributed by atoms with Crippen molar-refractivity contribution in [2.24, 2.45) is 5.92 Å². The largest absolute Gasteiger partial charge is 0.375 e. The minimum atomic E-state index is -3.36. The average Bonchev–Trinajstić information content (AvgIpc) is 3.13. The van der Waals surface area contributed by atoms with Crippen molar-refractivity contribution in [1.29, 1.82) is 0 Å². The van der Waals surface area contributed by atoms with Crippen LogP contribution in [0.1, 0.15) is 12.5 Å². The van der Waals surface area contributed by atoms with Crippen molar-refractivity contribution < 1.29 is 22.7 Å². The summed E-state index contributed by atoms with van der Waals surface area (Å²) >= 11 is 1.60. The molecule has 9 heteroatoms. The molecule has 0 aromatic carbocycles. The summed E-state index contributed by atoms with van der Waals surface area (Å²) in [5, 5.41) is 6.63. The molecule has 0 bridgehead atoms. The topological polar surface area (TPSA) is 92.8 Å². The molecular formula is C16H24N2O5S2. The van der Waals surface area contributed by atoms with Crippen LogP contribution in [0.5, 0.6) is 0 Å². The second-order valence-corrected chi connectivity index (χ2v) is 9.36. The number of thiophene rings is 1. The maximum absolute atomic E-state index is 12.8. The molecule has 140 valence electrons. The third-order valence-electron chi connectivity index (χ3n) is 4.41. The van der Waals surface area contributed by atoms with Crippen LogP contribution in [0.3, 0.4) is 0 Å². The van der Waals surface area contributed by atoms with Crippen molar-refractivity contribution in [3.8, 4) is 0 Å². The van der Waals surface area contributed by atoms with E-state index in [0.29, 0.717) is 6.42 Å². The number of ether oxygens (including phenoxy) is 1. The molecule has 3 atom stereocenters. The van der Waals surface area contributed by atoms with Gasteiger partial charge in [0.15, 0.2) is 9.84 Å². The first kappa shape index (κ1) is 19.9. The number of nitrogens with one attached hydrogen (secondary N) is 1. The molecule has 2 amide bonds. The van der Waals surface area contributed by atoms with E-state index in [4.69, 9.17) is 4.74 Å². The molecule has 1 aliphatic rings. The van der Waals surface area contributed by atoms with E-state index in [0.717, 1.165) is 5.56 Å². The number of likely N-dealkylation sites (N-methyl/N-ethyl adjacent to an activating group) is 1. The molecule has 1 aromatic rings. The van der Waals surface area contributed by atoms with Gasteiger partial charge in [-0.1, -0.05) is 0 Å². The lowest BCUT2D eigenvalue weighted by atomic mass is 10.00. The Morgan fingerprint density at radius 2 is 2.16 bits per heavy atom. The van der Waals surface area contributed by atoms with Crippen LogP contribution in [0.4, 0.5) is 0 Å². The van der Waals surface area contributed by atoms with Crippen molar-refractivity contribution in [3.05, 3.63) is 22.4 Å². The van der Waals surface area contributed by atoms with E-state index in [1.54, 1.807) is 23.3 Å². The second-order valence-electron chi connectivity index (χ2n) is 6.42. The molecule has 1 aromatic heterocycles. The van der Waals surface area contributed by atoms with Gasteiger partial charge in [-0.15, -0.1) is 0 Å². The number of nitrogens with zero attached hydrogens (tertiary/aromatic N) is 1. The van der Waals surface area contributed by atoms with Crippen LogP contribution in [-0.4, -0.2) is 69.5 Å². The van der Waals surface area contributed by atoms with Gasteiger partial charge in [0.2, 0.25) is 11.8 Å². The zero-order valence-electron chi connectivity index (χ0n) is 14.6. The molecule has 0 radical (unpaired) electrons. The zero-order valence-corrected chi connectivity index (χ0v) is 16.2. The minimum Gasteiger partial charge on any atom is -0.375 e. The highest BCUT2D eigenvalue weighted by atomic mass is 32.2. The Morgan fingerprint density at radius 3 is 2.76 bits per heavy atom. The van der Waals surface area contributed by atoms with Crippen LogP contribution in [0.25, 0.3) is 0 Å². The van der Waals surface area contributed by atoms with Gasteiger partial charge < -0.3 is 15.0 Å². The molecule has 1 N–H and O–H groups in total. The normalized spacial score (nSPS) is 23.2. The van der Waals surface area contributed by atoms with Gasteiger partial charge >= 0.3 is 0 Å². The summed E-state index contributed by atoms with van der Waals surface area (Å²) in [4.78, 5) is 26.2. The van der Waals surface area contributed by atoms with Crippen LogP contribution in [0.15, 0.2) is 16.8 Å². The molecular weight excluding hydrogens is 364 g/mol. The fourth-order valence-electron chi connectivity index (χ4n) is 2.98. The Labute approximate surface area is 152 Å². The van der Waals surface area contributed by atoms with Crippen LogP contribution >= 0.6 is 11.3 Å². The number of sulfone groups is 1. The first-order valence-corrected chi connectivity index (χ1v) is 10.8. The smallest absolute Gasteiger partial charge is 0.246 e. The second kappa shape index (κ2) is 8.29. The third-order valence-corrected chi connectivity index (χ3v) is 6.88. The van der Waals surface area contributed by atoms with Gasteiger partial charge in [0, 0.05) is 20.2 Å². The molecule has 2 rings (SSSR count). The minimum absolute atomic E-state index is 0.0688. The van der Waals surface area contributed by atoms with Crippen LogP contribution in [-0.2, 0) is 30.6 Å². The fraction of sp³-hybridized carbons (Fsp3) is 0.625. The van der Waals surface area contributed by atoms with Gasteiger partial charge in [0.25, 0.3) is 0 Å². The molecule has 0 saturated carbocycles. The molecule has 1 aliphatic heterocycles. The van der Waals surface area contributed by atoms with E-state index < -0.39 is 27.7 Å². The highest BCUT2D eigenvalue weighted by molar-refractivity contribution is 7.91. The Bertz CT molecular complexity index is 702. The van der Waals surface area contributed by atoms with E-state index in [2.05, 4.69) is 5.32 Å². The van der Waals surface area contributed by atoms with Crippen LogP contribution in [0.2, 0.25) is 0 Å². The number of carbonyl (C=O) groups excluding carboxylic acids is 2. The van der Waals surface area contributed by atoms with Gasteiger partial charge in [0.05, 0.1) is 23.5 Å². The van der Waals surface area contributed by atoms with Gasteiger partial charge in [-0.05, 0) is 35.7 Å². The molecule has 7 nitrogen and oxygen atoms in total. The highest BCUT2D eigenvalue weighted by Gasteiger charge is 2.44. The number of hydrogen-bond acceptors (Lipinski definition) is 6. The standard InChI is InChI=1S/C16H24N2O5S2/c1-11(6-12-4-5-24-8-12)18(2)16(20)13-9-25(21,22)10-14(13)17-15(19)7-23-3/h4-5,8,11,13-14H,6-7,9-10H2,1-3H3,(H,17,19)/t11?,13-,14-/m1/s1. The Balaban J connectivity index is 2.06. The van der Waals surface area contributed by atoms with Gasteiger partial charge in [-0.25, -0.2) is 8.42 Å². The summed E-state index contributed by atoms with van der Waals surface area (Å²) in [5.41, 5.74) is 1.14. The number of rotatable bonds is 7.